The van der Waals surface area contributed by atoms with Crippen LogP contribution in [0.3, 0.4) is 0 Å². The Hall–Kier alpha value is -1.57. The summed E-state index contributed by atoms with van der Waals surface area (Å²) in [6, 6.07) is 10.5. The Balaban J connectivity index is 0.00000264. The lowest BCUT2D eigenvalue weighted by molar-refractivity contribution is 0.371. The van der Waals surface area contributed by atoms with E-state index in [1.54, 1.807) is 7.05 Å². The van der Waals surface area contributed by atoms with Crippen LogP contribution in [0.25, 0.3) is 0 Å². The van der Waals surface area contributed by atoms with Gasteiger partial charge in [0.25, 0.3) is 0 Å². The lowest BCUT2D eigenvalue weighted by atomic mass is 10.1. The molecule has 0 amide bonds. The minimum Gasteiger partial charge on any atom is -0.359 e. The molecule has 0 saturated carbocycles. The van der Waals surface area contributed by atoms with Crippen LogP contribution in [-0.2, 0) is 19.5 Å². The quantitative estimate of drug-likeness (QED) is 0.451. The SMILES string of the molecule is CCc1cc(CNC(=NC)N(C)Cc2ccc(C)cc2)on1.I. The molecule has 0 unspecified atom stereocenters. The fourth-order valence-corrected chi connectivity index (χ4v) is 2.20. The first-order valence-electron chi connectivity index (χ1n) is 7.54. The van der Waals surface area contributed by atoms with Gasteiger partial charge in [0.05, 0.1) is 12.2 Å². The van der Waals surface area contributed by atoms with Gasteiger partial charge in [0.2, 0.25) is 0 Å². The zero-order valence-electron chi connectivity index (χ0n) is 14.2. The Morgan fingerprint density at radius 2 is 2.00 bits per heavy atom. The fraction of sp³-hybridized carbons (Fsp3) is 0.412. The normalized spacial score (nSPS) is 11.0. The number of benzene rings is 1. The Kier molecular flexibility index (Phi) is 8.08. The number of halogens is 1. The Morgan fingerprint density at radius 1 is 1.30 bits per heavy atom. The van der Waals surface area contributed by atoms with E-state index in [2.05, 4.69) is 58.5 Å². The summed E-state index contributed by atoms with van der Waals surface area (Å²) < 4.78 is 5.28. The molecule has 0 fully saturated rings. The molecule has 1 aromatic carbocycles. The number of guanidine groups is 1. The highest BCUT2D eigenvalue weighted by Crippen LogP contribution is 2.07. The van der Waals surface area contributed by atoms with E-state index in [9.17, 15) is 0 Å². The molecule has 0 saturated heterocycles. The van der Waals surface area contributed by atoms with E-state index in [1.165, 1.54) is 11.1 Å². The van der Waals surface area contributed by atoms with Crippen LogP contribution in [0.1, 0.15) is 29.5 Å². The van der Waals surface area contributed by atoms with Gasteiger partial charge in [0.15, 0.2) is 11.7 Å². The molecule has 0 aliphatic rings. The maximum atomic E-state index is 5.28. The minimum absolute atomic E-state index is 0. The van der Waals surface area contributed by atoms with Crippen molar-refractivity contribution in [2.45, 2.75) is 33.4 Å². The minimum atomic E-state index is 0. The largest absolute Gasteiger partial charge is 0.359 e. The summed E-state index contributed by atoms with van der Waals surface area (Å²) in [6.45, 7) is 5.54. The maximum Gasteiger partial charge on any atom is 0.194 e. The van der Waals surface area contributed by atoms with Gasteiger partial charge in [-0.05, 0) is 18.9 Å². The average Bonchev–Trinajstić information content (AvgIpc) is 2.98. The number of hydrogen-bond acceptors (Lipinski definition) is 3. The molecule has 0 radical (unpaired) electrons. The van der Waals surface area contributed by atoms with Crippen molar-refractivity contribution in [3.05, 3.63) is 52.9 Å². The lowest BCUT2D eigenvalue weighted by Gasteiger charge is -2.21. The third kappa shape index (κ3) is 5.85. The van der Waals surface area contributed by atoms with Crippen molar-refractivity contribution in [3.63, 3.8) is 0 Å². The molecule has 2 rings (SSSR count). The Bertz CT molecular complexity index is 622. The van der Waals surface area contributed by atoms with Crippen LogP contribution in [0.2, 0.25) is 0 Å². The van der Waals surface area contributed by atoms with Gasteiger partial charge >= 0.3 is 0 Å². The van der Waals surface area contributed by atoms with Crippen LogP contribution in [0, 0.1) is 6.92 Å². The Morgan fingerprint density at radius 3 is 2.57 bits per heavy atom. The molecule has 1 aromatic heterocycles. The molecule has 2 aromatic rings. The fourth-order valence-electron chi connectivity index (χ4n) is 2.20. The van der Waals surface area contributed by atoms with Crippen molar-refractivity contribution in [2.75, 3.05) is 14.1 Å². The van der Waals surface area contributed by atoms with Crippen molar-refractivity contribution >= 4 is 29.9 Å². The summed E-state index contributed by atoms with van der Waals surface area (Å²) in [5.74, 6) is 1.65. The van der Waals surface area contributed by atoms with Crippen LogP contribution in [0.15, 0.2) is 39.8 Å². The molecule has 0 bridgehead atoms. The molecule has 0 spiro atoms. The van der Waals surface area contributed by atoms with Crippen molar-refractivity contribution in [1.82, 2.24) is 15.4 Å². The van der Waals surface area contributed by atoms with Gasteiger partial charge in [-0.25, -0.2) is 0 Å². The standard InChI is InChI=1S/C17H24N4O.HI/c1-5-15-10-16(22-20-15)11-19-17(18-3)21(4)12-14-8-6-13(2)7-9-14;/h6-10H,5,11-12H2,1-4H3,(H,18,19);1H. The van der Waals surface area contributed by atoms with Crippen molar-refractivity contribution in [3.8, 4) is 0 Å². The van der Waals surface area contributed by atoms with Crippen molar-refractivity contribution in [2.24, 2.45) is 4.99 Å². The van der Waals surface area contributed by atoms with Crippen LogP contribution < -0.4 is 5.32 Å². The molecule has 0 aliphatic carbocycles. The first kappa shape index (κ1) is 19.5. The van der Waals surface area contributed by atoms with Crippen LogP contribution in [-0.4, -0.2) is 30.1 Å². The number of aromatic nitrogens is 1. The predicted molar refractivity (Wildman–Crippen MR) is 104 cm³/mol. The second-order valence-electron chi connectivity index (χ2n) is 5.38. The highest BCUT2D eigenvalue weighted by atomic mass is 127. The molecule has 6 heteroatoms. The monoisotopic (exact) mass is 428 g/mol. The third-order valence-corrected chi connectivity index (χ3v) is 3.50. The second-order valence-corrected chi connectivity index (χ2v) is 5.38. The van der Waals surface area contributed by atoms with Crippen molar-refractivity contribution < 1.29 is 4.52 Å². The van der Waals surface area contributed by atoms with E-state index < -0.39 is 0 Å². The highest BCUT2D eigenvalue weighted by molar-refractivity contribution is 14.0. The zero-order chi connectivity index (χ0) is 15.9. The van der Waals surface area contributed by atoms with Gasteiger partial charge in [-0.15, -0.1) is 24.0 Å². The number of aryl methyl sites for hydroxylation is 2. The molecule has 1 heterocycles. The predicted octanol–water partition coefficient (Wildman–Crippen LogP) is 3.37. The second kappa shape index (κ2) is 9.54. The van der Waals surface area contributed by atoms with Gasteiger partial charge in [-0.2, -0.15) is 0 Å². The number of nitrogens with zero attached hydrogens (tertiary/aromatic N) is 3. The topological polar surface area (TPSA) is 53.7 Å². The summed E-state index contributed by atoms with van der Waals surface area (Å²) in [5.41, 5.74) is 3.50. The lowest BCUT2D eigenvalue weighted by Crippen LogP contribution is -2.37. The molecular formula is C17H25IN4O. The Labute approximate surface area is 155 Å². The number of rotatable bonds is 5. The van der Waals surface area contributed by atoms with E-state index in [4.69, 9.17) is 4.52 Å². The van der Waals surface area contributed by atoms with E-state index in [0.717, 1.165) is 30.4 Å². The highest BCUT2D eigenvalue weighted by Gasteiger charge is 2.08. The van der Waals surface area contributed by atoms with Crippen LogP contribution in [0.5, 0.6) is 0 Å². The summed E-state index contributed by atoms with van der Waals surface area (Å²) in [6.07, 6.45) is 0.881. The smallest absolute Gasteiger partial charge is 0.194 e. The summed E-state index contributed by atoms with van der Waals surface area (Å²) in [5, 5.41) is 7.29. The van der Waals surface area contributed by atoms with Crippen molar-refractivity contribution in [1.29, 1.82) is 0 Å². The molecular weight excluding hydrogens is 403 g/mol. The first-order valence-corrected chi connectivity index (χ1v) is 7.54. The summed E-state index contributed by atoms with van der Waals surface area (Å²) in [4.78, 5) is 6.40. The van der Waals surface area contributed by atoms with Gasteiger partial charge in [0, 0.05) is 26.7 Å². The van der Waals surface area contributed by atoms with Crippen LogP contribution >= 0.6 is 24.0 Å². The van der Waals surface area contributed by atoms with E-state index in [0.29, 0.717) is 6.54 Å². The van der Waals surface area contributed by atoms with Crippen LogP contribution in [0.4, 0.5) is 0 Å². The molecule has 23 heavy (non-hydrogen) atoms. The molecule has 1 N–H and O–H groups in total. The maximum absolute atomic E-state index is 5.28. The van der Waals surface area contributed by atoms with Gasteiger partial charge < -0.3 is 14.7 Å². The van der Waals surface area contributed by atoms with E-state index >= 15 is 0 Å². The first-order chi connectivity index (χ1) is 10.6. The number of aliphatic imine (C=N–C) groups is 1. The molecule has 0 atom stereocenters. The van der Waals surface area contributed by atoms with Gasteiger partial charge in [0.1, 0.15) is 0 Å². The van der Waals surface area contributed by atoms with Gasteiger partial charge in [-0.1, -0.05) is 41.9 Å². The number of hydrogen-bond donors (Lipinski definition) is 1. The third-order valence-electron chi connectivity index (χ3n) is 3.50. The molecule has 126 valence electrons. The van der Waals surface area contributed by atoms with E-state index in [-0.39, 0.29) is 24.0 Å². The summed E-state index contributed by atoms with van der Waals surface area (Å²) >= 11 is 0. The average molecular weight is 428 g/mol. The molecule has 5 nitrogen and oxygen atoms in total. The summed E-state index contributed by atoms with van der Waals surface area (Å²) in [7, 11) is 3.80. The van der Waals surface area contributed by atoms with Gasteiger partial charge in [-0.3, -0.25) is 4.99 Å². The number of nitrogens with one attached hydrogen (secondary N) is 1. The van der Waals surface area contributed by atoms with E-state index in [1.807, 2.05) is 13.1 Å². The molecule has 0 aliphatic heterocycles. The zero-order valence-corrected chi connectivity index (χ0v) is 16.5.